The Morgan fingerprint density at radius 2 is 1.55 bits per heavy atom. The summed E-state index contributed by atoms with van der Waals surface area (Å²) in [6.07, 6.45) is 0. The van der Waals surface area contributed by atoms with E-state index in [1.54, 1.807) is 6.07 Å². The fourth-order valence-electron chi connectivity index (χ4n) is 2.04. The first kappa shape index (κ1) is 15.1. The molecule has 3 nitrogen and oxygen atoms in total. The number of nitrogens with one attached hydrogen (secondary N) is 1. The number of benzene rings is 2. The van der Waals surface area contributed by atoms with E-state index >= 15 is 0 Å². The first-order chi connectivity index (χ1) is 9.52. The van der Waals surface area contributed by atoms with Gasteiger partial charge >= 0.3 is 0 Å². The van der Waals surface area contributed by atoms with Crippen molar-refractivity contribution in [1.82, 2.24) is 5.43 Å². The highest BCUT2D eigenvalue weighted by atomic mass is 35.5. The number of hydrogen-bond donors (Lipinski definition) is 2. The van der Waals surface area contributed by atoms with Gasteiger partial charge in [-0.05, 0) is 35.4 Å². The fourth-order valence-corrected chi connectivity index (χ4v) is 2.35. The molecule has 0 fully saturated rings. The number of rotatable bonds is 4. The van der Waals surface area contributed by atoms with E-state index in [4.69, 9.17) is 29.0 Å². The number of hydrogen-bond acceptors (Lipinski definition) is 3. The molecule has 0 bridgehead atoms. The van der Waals surface area contributed by atoms with Crippen molar-refractivity contribution in [3.8, 4) is 0 Å². The zero-order valence-electron chi connectivity index (χ0n) is 11.4. The minimum atomic E-state index is -0.124. The Hall–Kier alpha value is -1.26. The van der Waals surface area contributed by atoms with Crippen molar-refractivity contribution in [1.29, 1.82) is 0 Å². The molecular weight excluding hydrogens is 293 g/mol. The Bertz CT molecular complexity index is 582. The van der Waals surface area contributed by atoms with Crippen molar-refractivity contribution in [3.05, 3.63) is 63.6 Å². The molecule has 0 spiro atoms. The van der Waals surface area contributed by atoms with Gasteiger partial charge in [0.15, 0.2) is 0 Å². The van der Waals surface area contributed by atoms with Crippen molar-refractivity contribution in [3.63, 3.8) is 0 Å². The molecule has 2 aromatic rings. The Balaban J connectivity index is 2.33. The molecule has 20 heavy (non-hydrogen) atoms. The third-order valence-electron chi connectivity index (χ3n) is 3.19. The maximum Gasteiger partial charge on any atom is 0.0710 e. The van der Waals surface area contributed by atoms with Crippen LogP contribution in [0.4, 0.5) is 5.69 Å². The van der Waals surface area contributed by atoms with Crippen LogP contribution in [-0.4, -0.2) is 14.1 Å². The van der Waals surface area contributed by atoms with E-state index in [0.717, 1.165) is 16.8 Å². The second-order valence-electron chi connectivity index (χ2n) is 4.76. The lowest BCUT2D eigenvalue weighted by molar-refractivity contribution is 0.637. The molecule has 0 heterocycles. The predicted molar refractivity (Wildman–Crippen MR) is 86.4 cm³/mol. The third-order valence-corrected chi connectivity index (χ3v) is 3.93. The number of anilines is 1. The van der Waals surface area contributed by atoms with Crippen LogP contribution in [0.3, 0.4) is 0 Å². The number of nitrogens with two attached hydrogens (primary N) is 1. The summed E-state index contributed by atoms with van der Waals surface area (Å²) in [5.41, 5.74) is 5.99. The minimum absolute atomic E-state index is 0.124. The average molecular weight is 310 g/mol. The summed E-state index contributed by atoms with van der Waals surface area (Å²) in [6.45, 7) is 0. The van der Waals surface area contributed by atoms with E-state index in [1.165, 1.54) is 0 Å². The Labute approximate surface area is 129 Å². The molecule has 2 rings (SSSR count). The molecule has 0 saturated carbocycles. The Morgan fingerprint density at radius 3 is 2.05 bits per heavy atom. The quantitative estimate of drug-likeness (QED) is 0.669. The zero-order chi connectivity index (χ0) is 14.7. The first-order valence-corrected chi connectivity index (χ1v) is 6.97. The Kier molecular flexibility index (Phi) is 4.89. The monoisotopic (exact) mass is 309 g/mol. The van der Waals surface area contributed by atoms with Gasteiger partial charge in [0.1, 0.15) is 0 Å². The highest BCUT2D eigenvalue weighted by Crippen LogP contribution is 2.29. The molecule has 0 aliphatic heterocycles. The molecule has 1 unspecified atom stereocenters. The van der Waals surface area contributed by atoms with Crippen molar-refractivity contribution in [2.75, 3.05) is 19.0 Å². The van der Waals surface area contributed by atoms with Gasteiger partial charge in [-0.3, -0.25) is 5.84 Å². The van der Waals surface area contributed by atoms with E-state index in [-0.39, 0.29) is 6.04 Å². The molecule has 0 saturated heterocycles. The van der Waals surface area contributed by atoms with Crippen LogP contribution < -0.4 is 16.2 Å². The number of hydrazine groups is 1. The number of halogens is 2. The molecule has 1 atom stereocenters. The van der Waals surface area contributed by atoms with Gasteiger partial charge in [0.25, 0.3) is 0 Å². The highest BCUT2D eigenvalue weighted by Gasteiger charge is 2.13. The third kappa shape index (κ3) is 3.25. The molecule has 5 heteroatoms. The molecule has 0 aliphatic carbocycles. The van der Waals surface area contributed by atoms with Crippen molar-refractivity contribution in [2.45, 2.75) is 6.04 Å². The van der Waals surface area contributed by atoms with E-state index < -0.39 is 0 Å². The maximum absolute atomic E-state index is 6.06. The van der Waals surface area contributed by atoms with Gasteiger partial charge in [-0.15, -0.1) is 0 Å². The first-order valence-electron chi connectivity index (χ1n) is 6.21. The summed E-state index contributed by atoms with van der Waals surface area (Å²) in [5, 5.41) is 1.06. The van der Waals surface area contributed by atoms with E-state index in [0.29, 0.717) is 10.0 Å². The zero-order valence-corrected chi connectivity index (χ0v) is 12.9. The van der Waals surface area contributed by atoms with Crippen molar-refractivity contribution >= 4 is 28.9 Å². The van der Waals surface area contributed by atoms with Crippen LogP contribution in [0.2, 0.25) is 10.0 Å². The van der Waals surface area contributed by atoms with E-state index in [1.807, 2.05) is 43.3 Å². The smallest absolute Gasteiger partial charge is 0.0710 e. The molecule has 0 radical (unpaired) electrons. The van der Waals surface area contributed by atoms with Gasteiger partial charge in [-0.2, -0.15) is 0 Å². The van der Waals surface area contributed by atoms with Crippen LogP contribution in [0.1, 0.15) is 17.2 Å². The fraction of sp³-hybridized carbons (Fsp3) is 0.200. The van der Waals surface area contributed by atoms with Crippen LogP contribution in [0.25, 0.3) is 0 Å². The van der Waals surface area contributed by atoms with Crippen molar-refractivity contribution in [2.24, 2.45) is 5.84 Å². The topological polar surface area (TPSA) is 41.3 Å². The van der Waals surface area contributed by atoms with Gasteiger partial charge in [-0.25, -0.2) is 5.43 Å². The SMILES string of the molecule is CN(C)c1ccc(C(NN)c2ccc(Cl)c(Cl)c2)cc1. The molecule has 3 N–H and O–H groups in total. The lowest BCUT2D eigenvalue weighted by Gasteiger charge is -2.19. The lowest BCUT2D eigenvalue weighted by Crippen LogP contribution is -2.28. The normalized spacial score (nSPS) is 12.2. The largest absolute Gasteiger partial charge is 0.378 e. The molecule has 0 aromatic heterocycles. The molecular formula is C15H17Cl2N3. The summed E-state index contributed by atoms with van der Waals surface area (Å²) in [4.78, 5) is 2.05. The van der Waals surface area contributed by atoms with Crippen LogP contribution >= 0.6 is 23.2 Å². The van der Waals surface area contributed by atoms with Gasteiger partial charge in [0.05, 0.1) is 16.1 Å². The van der Waals surface area contributed by atoms with Gasteiger partial charge < -0.3 is 4.90 Å². The average Bonchev–Trinajstić information content (AvgIpc) is 2.44. The second-order valence-corrected chi connectivity index (χ2v) is 5.57. The minimum Gasteiger partial charge on any atom is -0.378 e. The predicted octanol–water partition coefficient (Wildman–Crippen LogP) is 3.61. The summed E-state index contributed by atoms with van der Waals surface area (Å²) < 4.78 is 0. The summed E-state index contributed by atoms with van der Waals surface area (Å²) in [5.74, 6) is 5.69. The van der Waals surface area contributed by atoms with Crippen molar-refractivity contribution < 1.29 is 0 Å². The summed E-state index contributed by atoms with van der Waals surface area (Å²) in [7, 11) is 4.01. The standard InChI is InChI=1S/C15H17Cl2N3/c1-20(2)12-6-3-10(4-7-12)15(19-18)11-5-8-13(16)14(17)9-11/h3-9,15,19H,18H2,1-2H3. The molecule has 106 valence electrons. The maximum atomic E-state index is 6.06. The van der Waals surface area contributed by atoms with Crippen LogP contribution in [0, 0.1) is 0 Å². The van der Waals surface area contributed by atoms with E-state index in [2.05, 4.69) is 17.6 Å². The summed E-state index contributed by atoms with van der Waals surface area (Å²) in [6, 6.07) is 13.6. The van der Waals surface area contributed by atoms with Gasteiger partial charge in [0, 0.05) is 19.8 Å². The lowest BCUT2D eigenvalue weighted by atomic mass is 9.99. The van der Waals surface area contributed by atoms with Crippen LogP contribution in [0.5, 0.6) is 0 Å². The number of nitrogens with zero attached hydrogens (tertiary/aromatic N) is 1. The van der Waals surface area contributed by atoms with Crippen LogP contribution in [-0.2, 0) is 0 Å². The molecule has 0 aliphatic rings. The van der Waals surface area contributed by atoms with E-state index in [9.17, 15) is 0 Å². The van der Waals surface area contributed by atoms with Gasteiger partial charge in [-0.1, -0.05) is 41.4 Å². The molecule has 0 amide bonds. The van der Waals surface area contributed by atoms with Crippen LogP contribution in [0.15, 0.2) is 42.5 Å². The Morgan fingerprint density at radius 1 is 0.950 bits per heavy atom. The molecule has 2 aromatic carbocycles. The second kappa shape index (κ2) is 6.46. The highest BCUT2D eigenvalue weighted by molar-refractivity contribution is 6.42. The summed E-state index contributed by atoms with van der Waals surface area (Å²) >= 11 is 12.0. The van der Waals surface area contributed by atoms with Gasteiger partial charge in [0.2, 0.25) is 0 Å².